The second kappa shape index (κ2) is 22.2. The summed E-state index contributed by atoms with van der Waals surface area (Å²) in [6.45, 7) is 55.3. The van der Waals surface area contributed by atoms with Crippen LogP contribution in [-0.4, -0.2) is 100 Å². The van der Waals surface area contributed by atoms with Crippen molar-refractivity contribution in [3.8, 4) is 0 Å². The molecule has 0 aromatic rings. The van der Waals surface area contributed by atoms with E-state index in [0.29, 0.717) is 77.0 Å². The lowest BCUT2D eigenvalue weighted by Crippen LogP contribution is -2.49. The minimum atomic E-state index is -0.479. The summed E-state index contributed by atoms with van der Waals surface area (Å²) in [4.78, 5) is 0. The molecular formula is C46H98N4O4. The molecule has 0 saturated carbocycles. The number of hydrogen-bond acceptors (Lipinski definition) is 8. The summed E-state index contributed by atoms with van der Waals surface area (Å²) in [7, 11) is 0. The van der Waals surface area contributed by atoms with Crippen molar-refractivity contribution in [1.82, 2.24) is 21.3 Å². The van der Waals surface area contributed by atoms with Gasteiger partial charge in [0.25, 0.3) is 0 Å². The topological polar surface area (TPSA) is 85.0 Å². The van der Waals surface area contributed by atoms with Crippen LogP contribution in [0.5, 0.6) is 0 Å². The smallest absolute Gasteiger partial charge is 0.0637 e. The molecule has 0 unspecified atom stereocenters. The molecule has 0 heterocycles. The summed E-state index contributed by atoms with van der Waals surface area (Å²) in [5.41, 5.74) is -0.602. The highest BCUT2D eigenvalue weighted by Gasteiger charge is 2.38. The molecule has 0 radical (unpaired) electrons. The van der Waals surface area contributed by atoms with Gasteiger partial charge in [-0.15, -0.1) is 0 Å². The Kier molecular flexibility index (Phi) is 22.0. The highest BCUT2D eigenvalue weighted by atomic mass is 16.5. The van der Waals surface area contributed by atoms with Gasteiger partial charge in [0.2, 0.25) is 0 Å². The van der Waals surface area contributed by atoms with Crippen molar-refractivity contribution in [2.45, 2.75) is 212 Å². The molecule has 4 N–H and O–H groups in total. The van der Waals surface area contributed by atoms with Crippen LogP contribution in [0.25, 0.3) is 0 Å². The van der Waals surface area contributed by atoms with Gasteiger partial charge >= 0.3 is 0 Å². The quantitative estimate of drug-likeness (QED) is 0.0555. The van der Waals surface area contributed by atoms with Gasteiger partial charge in [-0.1, -0.05) is 111 Å². The first-order valence-corrected chi connectivity index (χ1v) is 21.5. The number of hydrogen-bond donors (Lipinski definition) is 4. The van der Waals surface area contributed by atoms with Crippen LogP contribution in [0.15, 0.2) is 0 Å². The Morgan fingerprint density at radius 2 is 0.574 bits per heavy atom. The molecule has 0 fully saturated rings. The average Bonchev–Trinajstić information content (AvgIpc) is 2.87. The van der Waals surface area contributed by atoms with Crippen LogP contribution >= 0.6 is 0 Å². The van der Waals surface area contributed by atoms with E-state index in [4.69, 9.17) is 18.9 Å². The lowest BCUT2D eigenvalue weighted by atomic mass is 9.80. The molecule has 0 rings (SSSR count). The van der Waals surface area contributed by atoms with Gasteiger partial charge in [0.1, 0.15) is 0 Å². The Labute approximate surface area is 338 Å². The van der Waals surface area contributed by atoms with E-state index in [1.807, 2.05) is 0 Å². The number of ether oxygens (including phenoxy) is 4. The van der Waals surface area contributed by atoms with Crippen LogP contribution in [0, 0.1) is 27.1 Å². The maximum absolute atomic E-state index is 6.79. The van der Waals surface area contributed by atoms with E-state index in [1.54, 1.807) is 0 Å². The molecule has 0 aromatic heterocycles. The van der Waals surface area contributed by atoms with Crippen LogP contribution in [0.2, 0.25) is 0 Å². The molecule has 8 nitrogen and oxygen atoms in total. The Morgan fingerprint density at radius 3 is 0.796 bits per heavy atom. The molecule has 0 aliphatic heterocycles. The first-order valence-electron chi connectivity index (χ1n) is 21.5. The zero-order chi connectivity index (χ0) is 42.5. The van der Waals surface area contributed by atoms with Crippen molar-refractivity contribution < 1.29 is 18.9 Å². The number of rotatable bonds is 31. The Balaban J connectivity index is 6.43. The van der Waals surface area contributed by atoms with Crippen LogP contribution in [0.4, 0.5) is 0 Å². The maximum atomic E-state index is 6.79. The van der Waals surface area contributed by atoms with Gasteiger partial charge in [0, 0.05) is 52.7 Å². The molecular weight excluding hydrogens is 673 g/mol. The summed E-state index contributed by atoms with van der Waals surface area (Å²) < 4.78 is 27.1. The van der Waals surface area contributed by atoms with E-state index in [2.05, 4.69) is 174 Å². The summed E-state index contributed by atoms with van der Waals surface area (Å²) in [5.74, 6) is 0. The number of nitrogens with one attached hydrogen (secondary N) is 4. The molecule has 0 aliphatic carbocycles. The third kappa shape index (κ3) is 26.6. The SMILES string of the molecule is CC(C)NCC(C)(C)COCC(COCC(C)(C)CC(C)(C)NC(C)C)(COCC(C)(C)CC(C)(C)NC(C)C)COCC(C)(C)CC(C)(C)NC(C)C. The van der Waals surface area contributed by atoms with Crippen molar-refractivity contribution in [3.63, 3.8) is 0 Å². The summed E-state index contributed by atoms with van der Waals surface area (Å²) in [6.07, 6.45) is 2.98. The Morgan fingerprint density at radius 1 is 0.333 bits per heavy atom. The fraction of sp³-hybridized carbons (Fsp3) is 1.00. The van der Waals surface area contributed by atoms with E-state index in [-0.39, 0.29) is 38.3 Å². The highest BCUT2D eigenvalue weighted by molar-refractivity contribution is 4.90. The normalized spacial score (nSPS) is 14.8. The van der Waals surface area contributed by atoms with Gasteiger partial charge in [-0.25, -0.2) is 0 Å². The summed E-state index contributed by atoms with van der Waals surface area (Å²) in [5, 5.41) is 14.9. The molecule has 0 amide bonds. The second-order valence-electron chi connectivity index (χ2n) is 23.7. The van der Waals surface area contributed by atoms with Crippen LogP contribution < -0.4 is 21.3 Å². The summed E-state index contributed by atoms with van der Waals surface area (Å²) in [6, 6.07) is 1.68. The molecule has 0 atom stereocenters. The van der Waals surface area contributed by atoms with Crippen LogP contribution in [0.3, 0.4) is 0 Å². The minimum absolute atomic E-state index is 0.00335. The van der Waals surface area contributed by atoms with E-state index in [0.717, 1.165) is 25.8 Å². The standard InChI is InChI=1S/C46H98N4O4/c1-35(2)47-26-42(15,16)30-54-34-46(31-51-27-39(9,10)23-43(17,18)48-36(3)4,32-52-28-40(11,12)24-44(19,20)49-37(5)6)33-53-29-41(13,14)25-45(21,22)50-38(7)8/h35-38,47-50H,23-34H2,1-22H3. The zero-order valence-electron chi connectivity index (χ0n) is 40.4. The molecule has 0 bridgehead atoms. The zero-order valence-corrected chi connectivity index (χ0v) is 40.4. The van der Waals surface area contributed by atoms with Gasteiger partial charge in [-0.05, 0) is 77.0 Å². The monoisotopic (exact) mass is 771 g/mol. The van der Waals surface area contributed by atoms with E-state index >= 15 is 0 Å². The van der Waals surface area contributed by atoms with Gasteiger partial charge in [0.05, 0.1) is 58.3 Å². The largest absolute Gasteiger partial charge is 0.380 e. The third-order valence-electron chi connectivity index (χ3n) is 9.39. The Hall–Kier alpha value is -0.320. The minimum Gasteiger partial charge on any atom is -0.380 e. The van der Waals surface area contributed by atoms with Crippen molar-refractivity contribution in [2.75, 3.05) is 59.4 Å². The third-order valence-corrected chi connectivity index (χ3v) is 9.39. The van der Waals surface area contributed by atoms with Crippen molar-refractivity contribution in [1.29, 1.82) is 0 Å². The molecule has 8 heteroatoms. The predicted molar refractivity (Wildman–Crippen MR) is 235 cm³/mol. The maximum Gasteiger partial charge on any atom is 0.0637 e. The van der Waals surface area contributed by atoms with Crippen LogP contribution in [0.1, 0.15) is 172 Å². The average molecular weight is 771 g/mol. The summed E-state index contributed by atoms with van der Waals surface area (Å²) >= 11 is 0. The molecule has 0 aromatic carbocycles. The fourth-order valence-electron chi connectivity index (χ4n) is 9.20. The predicted octanol–water partition coefficient (Wildman–Crippen LogP) is 9.64. The van der Waals surface area contributed by atoms with Gasteiger partial charge in [-0.3, -0.25) is 0 Å². The van der Waals surface area contributed by atoms with Crippen molar-refractivity contribution >= 4 is 0 Å². The first-order chi connectivity index (χ1) is 24.1. The second-order valence-corrected chi connectivity index (χ2v) is 23.7. The fourth-order valence-corrected chi connectivity index (χ4v) is 9.20. The van der Waals surface area contributed by atoms with Crippen LogP contribution in [-0.2, 0) is 18.9 Å². The first kappa shape index (κ1) is 53.7. The van der Waals surface area contributed by atoms with Crippen molar-refractivity contribution in [2.24, 2.45) is 27.1 Å². The van der Waals surface area contributed by atoms with Gasteiger partial charge < -0.3 is 40.2 Å². The van der Waals surface area contributed by atoms with E-state index in [9.17, 15) is 0 Å². The molecule has 326 valence electrons. The lowest BCUT2D eigenvalue weighted by molar-refractivity contribution is -0.134. The molecule has 0 spiro atoms. The van der Waals surface area contributed by atoms with E-state index < -0.39 is 5.41 Å². The Bertz CT molecular complexity index is 912. The highest BCUT2D eigenvalue weighted by Crippen LogP contribution is 2.34. The molecule has 0 saturated heterocycles. The van der Waals surface area contributed by atoms with Crippen molar-refractivity contribution in [3.05, 3.63) is 0 Å². The van der Waals surface area contributed by atoms with Gasteiger partial charge in [-0.2, -0.15) is 0 Å². The molecule has 0 aliphatic rings. The van der Waals surface area contributed by atoms with E-state index in [1.165, 1.54) is 0 Å². The lowest BCUT2D eigenvalue weighted by Gasteiger charge is -2.41. The van der Waals surface area contributed by atoms with Gasteiger partial charge in [0.15, 0.2) is 0 Å². The molecule has 54 heavy (non-hydrogen) atoms.